The Bertz CT molecular complexity index is 992. The molecule has 0 spiro atoms. The summed E-state index contributed by atoms with van der Waals surface area (Å²) in [5.41, 5.74) is 2.02. The molecule has 2 amide bonds. The van der Waals surface area contributed by atoms with E-state index in [0.29, 0.717) is 35.1 Å². The number of aldehydes is 2. The summed E-state index contributed by atoms with van der Waals surface area (Å²) in [6, 6.07) is 9.23. The second-order valence-electron chi connectivity index (χ2n) is 7.16. The Hall–Kier alpha value is -3.39. The Labute approximate surface area is 173 Å². The quantitative estimate of drug-likeness (QED) is 0.511. The third-order valence-electron chi connectivity index (χ3n) is 5.19. The van der Waals surface area contributed by atoms with Crippen molar-refractivity contribution in [2.24, 2.45) is 0 Å². The number of rotatable bonds is 8. The molecule has 7 nitrogen and oxygen atoms in total. The van der Waals surface area contributed by atoms with Gasteiger partial charge in [0, 0.05) is 36.3 Å². The van der Waals surface area contributed by atoms with Crippen LogP contribution in [0.15, 0.2) is 36.4 Å². The van der Waals surface area contributed by atoms with Crippen LogP contribution >= 0.6 is 0 Å². The first-order valence-electron chi connectivity index (χ1n) is 9.52. The van der Waals surface area contributed by atoms with Gasteiger partial charge in [-0.2, -0.15) is 0 Å². The molecule has 2 N–H and O–H groups in total. The highest BCUT2D eigenvalue weighted by atomic mass is 19.1. The van der Waals surface area contributed by atoms with Gasteiger partial charge in [-0.05, 0) is 31.2 Å². The second kappa shape index (κ2) is 9.41. The van der Waals surface area contributed by atoms with Crippen LogP contribution in [0.4, 0.5) is 10.1 Å². The Kier molecular flexibility index (Phi) is 6.68. The zero-order chi connectivity index (χ0) is 21.7. The molecule has 3 rings (SSSR count). The Balaban J connectivity index is 1.81. The van der Waals surface area contributed by atoms with Crippen LogP contribution in [0.25, 0.3) is 0 Å². The van der Waals surface area contributed by atoms with Crippen molar-refractivity contribution in [3.05, 3.63) is 64.5 Å². The SMILES string of the molecule is CN(Cc1c(C=O)cccc1NCc1cccc(C=O)c1F)C1CCC(=O)NC1=O. The molecule has 1 saturated heterocycles. The molecule has 1 heterocycles. The molecule has 0 saturated carbocycles. The van der Waals surface area contributed by atoms with Gasteiger partial charge >= 0.3 is 0 Å². The first-order chi connectivity index (χ1) is 14.4. The number of anilines is 1. The fourth-order valence-electron chi connectivity index (χ4n) is 3.54. The van der Waals surface area contributed by atoms with Gasteiger partial charge < -0.3 is 5.32 Å². The van der Waals surface area contributed by atoms with E-state index >= 15 is 0 Å². The minimum absolute atomic E-state index is 0.0197. The van der Waals surface area contributed by atoms with E-state index < -0.39 is 11.9 Å². The van der Waals surface area contributed by atoms with E-state index in [1.807, 2.05) is 0 Å². The number of hydrogen-bond donors (Lipinski definition) is 2. The number of amides is 2. The lowest BCUT2D eigenvalue weighted by Gasteiger charge is -2.30. The summed E-state index contributed by atoms with van der Waals surface area (Å²) < 4.78 is 14.3. The first kappa shape index (κ1) is 21.3. The topological polar surface area (TPSA) is 95.6 Å². The van der Waals surface area contributed by atoms with E-state index in [4.69, 9.17) is 0 Å². The van der Waals surface area contributed by atoms with Crippen LogP contribution < -0.4 is 10.6 Å². The molecule has 1 unspecified atom stereocenters. The van der Waals surface area contributed by atoms with E-state index in [0.717, 1.165) is 6.29 Å². The zero-order valence-corrected chi connectivity index (χ0v) is 16.5. The zero-order valence-electron chi connectivity index (χ0n) is 16.5. The maximum Gasteiger partial charge on any atom is 0.243 e. The lowest BCUT2D eigenvalue weighted by atomic mass is 10.0. The number of piperidine rings is 1. The molecule has 0 aromatic heterocycles. The molecular formula is C22H22FN3O4. The molecule has 8 heteroatoms. The molecule has 1 aliphatic heterocycles. The first-order valence-corrected chi connectivity index (χ1v) is 9.52. The second-order valence-corrected chi connectivity index (χ2v) is 7.16. The molecule has 30 heavy (non-hydrogen) atoms. The molecule has 1 aliphatic rings. The van der Waals surface area contributed by atoms with Crippen LogP contribution in [0, 0.1) is 5.82 Å². The summed E-state index contributed by atoms with van der Waals surface area (Å²) in [4.78, 5) is 47.9. The van der Waals surface area contributed by atoms with E-state index in [1.165, 1.54) is 6.07 Å². The van der Waals surface area contributed by atoms with Crippen molar-refractivity contribution in [1.29, 1.82) is 0 Å². The van der Waals surface area contributed by atoms with Gasteiger partial charge in [-0.25, -0.2) is 4.39 Å². The summed E-state index contributed by atoms with van der Waals surface area (Å²) in [5.74, 6) is -1.24. The van der Waals surface area contributed by atoms with Crippen molar-refractivity contribution in [2.75, 3.05) is 12.4 Å². The summed E-state index contributed by atoms with van der Waals surface area (Å²) in [6.45, 7) is 0.394. The standard InChI is InChI=1S/C22H22FN3O4/c1-26(19-8-9-20(29)25-22(19)30)11-17-15(12-27)5-3-7-18(17)24-10-14-4-2-6-16(13-28)21(14)23/h2-7,12-13,19,24H,8-11H2,1H3,(H,25,29,30). The number of hydrogen-bond acceptors (Lipinski definition) is 6. The van der Waals surface area contributed by atoms with Crippen molar-refractivity contribution in [1.82, 2.24) is 10.2 Å². The molecule has 1 fully saturated rings. The third-order valence-corrected chi connectivity index (χ3v) is 5.19. The van der Waals surface area contributed by atoms with Crippen LogP contribution in [0.5, 0.6) is 0 Å². The third kappa shape index (κ3) is 4.60. The van der Waals surface area contributed by atoms with Gasteiger partial charge in [0.15, 0.2) is 6.29 Å². The normalized spacial score (nSPS) is 16.3. The van der Waals surface area contributed by atoms with Crippen molar-refractivity contribution in [3.63, 3.8) is 0 Å². The predicted octanol–water partition coefficient (Wildman–Crippen LogP) is 2.30. The fourth-order valence-corrected chi connectivity index (χ4v) is 3.54. The average Bonchev–Trinajstić information content (AvgIpc) is 2.73. The maximum atomic E-state index is 14.3. The van der Waals surface area contributed by atoms with Gasteiger partial charge in [-0.1, -0.05) is 24.3 Å². The highest BCUT2D eigenvalue weighted by Crippen LogP contribution is 2.24. The molecule has 0 bridgehead atoms. The van der Waals surface area contributed by atoms with E-state index in [-0.39, 0.29) is 36.9 Å². The van der Waals surface area contributed by atoms with Gasteiger partial charge in [0.25, 0.3) is 0 Å². The number of imide groups is 1. The molecule has 0 radical (unpaired) electrons. The van der Waals surface area contributed by atoms with Crippen molar-refractivity contribution >= 4 is 30.1 Å². The minimum atomic E-state index is -0.589. The largest absolute Gasteiger partial charge is 0.381 e. The van der Waals surface area contributed by atoms with Gasteiger partial charge in [-0.3, -0.25) is 29.4 Å². The highest BCUT2D eigenvalue weighted by molar-refractivity contribution is 6.00. The summed E-state index contributed by atoms with van der Waals surface area (Å²) in [7, 11) is 1.75. The number of nitrogens with zero attached hydrogens (tertiary/aromatic N) is 1. The van der Waals surface area contributed by atoms with Crippen LogP contribution in [0.3, 0.4) is 0 Å². The Morgan fingerprint density at radius 3 is 2.53 bits per heavy atom. The Morgan fingerprint density at radius 2 is 1.83 bits per heavy atom. The Morgan fingerprint density at radius 1 is 1.13 bits per heavy atom. The summed E-state index contributed by atoms with van der Waals surface area (Å²) >= 11 is 0. The van der Waals surface area contributed by atoms with E-state index in [1.54, 1.807) is 42.3 Å². The number of carbonyl (C=O) groups is 4. The molecular weight excluding hydrogens is 389 g/mol. The van der Waals surface area contributed by atoms with Crippen LogP contribution in [-0.4, -0.2) is 42.4 Å². The summed E-state index contributed by atoms with van der Waals surface area (Å²) in [5, 5.41) is 5.45. The average molecular weight is 411 g/mol. The van der Waals surface area contributed by atoms with Crippen molar-refractivity contribution in [2.45, 2.75) is 32.0 Å². The highest BCUT2D eigenvalue weighted by Gasteiger charge is 2.30. The van der Waals surface area contributed by atoms with Gasteiger partial charge in [0.05, 0.1) is 11.6 Å². The molecule has 2 aromatic carbocycles. The molecule has 156 valence electrons. The fraction of sp³-hybridized carbons (Fsp3) is 0.273. The monoisotopic (exact) mass is 411 g/mol. The van der Waals surface area contributed by atoms with Crippen molar-refractivity contribution in [3.8, 4) is 0 Å². The molecule has 2 aromatic rings. The smallest absolute Gasteiger partial charge is 0.243 e. The van der Waals surface area contributed by atoms with Gasteiger partial charge in [0.2, 0.25) is 11.8 Å². The van der Waals surface area contributed by atoms with Crippen molar-refractivity contribution < 1.29 is 23.6 Å². The lowest BCUT2D eigenvalue weighted by molar-refractivity contribution is -0.137. The van der Waals surface area contributed by atoms with Crippen LogP contribution in [0.2, 0.25) is 0 Å². The van der Waals surface area contributed by atoms with Crippen LogP contribution in [-0.2, 0) is 22.7 Å². The maximum absolute atomic E-state index is 14.3. The van der Waals surface area contributed by atoms with Gasteiger partial charge in [0.1, 0.15) is 12.1 Å². The number of carbonyl (C=O) groups excluding carboxylic acids is 4. The number of benzene rings is 2. The summed E-state index contributed by atoms with van der Waals surface area (Å²) in [6.07, 6.45) is 1.85. The number of likely N-dealkylation sites (N-methyl/N-ethyl adjacent to an activating group) is 1. The van der Waals surface area contributed by atoms with E-state index in [2.05, 4.69) is 10.6 Å². The lowest BCUT2D eigenvalue weighted by Crippen LogP contribution is -2.51. The molecule has 0 aliphatic carbocycles. The number of halogens is 1. The molecule has 1 atom stereocenters. The van der Waals surface area contributed by atoms with E-state index in [9.17, 15) is 23.6 Å². The predicted molar refractivity (Wildman–Crippen MR) is 109 cm³/mol. The minimum Gasteiger partial charge on any atom is -0.381 e. The number of nitrogens with one attached hydrogen (secondary N) is 2. The van der Waals surface area contributed by atoms with Gasteiger partial charge in [-0.15, -0.1) is 0 Å². The van der Waals surface area contributed by atoms with Crippen LogP contribution in [0.1, 0.15) is 44.7 Å².